The Labute approximate surface area is 193 Å². The number of aromatic carboxylic acids is 1. The van der Waals surface area contributed by atoms with Crippen LogP contribution in [-0.4, -0.2) is 45.7 Å². The van der Waals surface area contributed by atoms with E-state index in [9.17, 15) is 14.7 Å². The zero-order chi connectivity index (χ0) is 22.9. The molecule has 0 aliphatic carbocycles. The molecule has 1 aromatic carbocycles. The van der Waals surface area contributed by atoms with E-state index >= 15 is 0 Å². The lowest BCUT2D eigenvalue weighted by molar-refractivity contribution is -0.128. The largest absolute Gasteiger partial charge is 0.477 e. The molecule has 2 N–H and O–H groups in total. The summed E-state index contributed by atoms with van der Waals surface area (Å²) in [6, 6.07) is 13.2. The van der Waals surface area contributed by atoms with E-state index in [0.717, 1.165) is 29.7 Å². The summed E-state index contributed by atoms with van der Waals surface area (Å²) >= 11 is 1.29. The van der Waals surface area contributed by atoms with Crippen LogP contribution in [0.3, 0.4) is 0 Å². The Kier molecular flexibility index (Phi) is 8.66. The van der Waals surface area contributed by atoms with Gasteiger partial charge in [0.05, 0.1) is 12.1 Å². The molecular formula is C26H29NO4S. The van der Waals surface area contributed by atoms with Gasteiger partial charge in [0.2, 0.25) is 5.91 Å². The Morgan fingerprint density at radius 3 is 2.78 bits per heavy atom. The van der Waals surface area contributed by atoms with Gasteiger partial charge >= 0.3 is 5.97 Å². The minimum Gasteiger partial charge on any atom is -0.477 e. The van der Waals surface area contributed by atoms with E-state index in [1.807, 2.05) is 54.3 Å². The van der Waals surface area contributed by atoms with Crippen LogP contribution in [0.5, 0.6) is 0 Å². The number of hydrogen-bond donors (Lipinski definition) is 2. The van der Waals surface area contributed by atoms with E-state index in [-0.39, 0.29) is 17.9 Å². The fraction of sp³-hybridized carbons (Fsp3) is 0.385. The number of aliphatic hydroxyl groups is 1. The highest BCUT2D eigenvalue weighted by atomic mass is 32.1. The van der Waals surface area contributed by atoms with Crippen molar-refractivity contribution in [1.82, 2.24) is 4.90 Å². The highest BCUT2D eigenvalue weighted by molar-refractivity contribution is 7.13. The molecule has 1 aliphatic heterocycles. The summed E-state index contributed by atoms with van der Waals surface area (Å²) < 4.78 is 0. The number of thiophene rings is 1. The molecule has 1 saturated heterocycles. The van der Waals surface area contributed by atoms with Gasteiger partial charge in [0.15, 0.2) is 0 Å². The Morgan fingerprint density at radius 2 is 2.06 bits per heavy atom. The number of carbonyl (C=O) groups is 2. The van der Waals surface area contributed by atoms with Crippen LogP contribution >= 0.6 is 11.3 Å². The number of carboxylic acids is 1. The third kappa shape index (κ3) is 6.81. The fourth-order valence-corrected chi connectivity index (χ4v) is 4.57. The standard InChI is InChI=1S/C26H29NO4S/c1-19(7-5-10-20-8-3-2-4-9-20)23(28)15-12-21-13-17-25(29)27(21)18-6-11-22-14-16-24(32-22)26(30)31/h2-4,8-9,12,14-16,19,21,23,28H,6-7,11,13,17-18H2,1H3,(H,30,31)/t19?,21-,23-/m0/s1. The summed E-state index contributed by atoms with van der Waals surface area (Å²) in [5, 5.41) is 19.5. The number of likely N-dealkylation sites (tertiary alicyclic amines) is 1. The number of aliphatic hydroxyl groups excluding tert-OH is 1. The molecule has 5 nitrogen and oxygen atoms in total. The highest BCUT2D eigenvalue weighted by Gasteiger charge is 2.28. The van der Waals surface area contributed by atoms with Crippen molar-refractivity contribution in [3.63, 3.8) is 0 Å². The molecule has 3 rings (SSSR count). The van der Waals surface area contributed by atoms with Crippen LogP contribution in [0, 0.1) is 17.8 Å². The lowest BCUT2D eigenvalue weighted by atomic mass is 9.99. The van der Waals surface area contributed by atoms with E-state index in [1.54, 1.807) is 12.1 Å². The zero-order valence-electron chi connectivity index (χ0n) is 18.2. The number of aryl methyl sites for hydroxylation is 1. The monoisotopic (exact) mass is 451 g/mol. The van der Waals surface area contributed by atoms with Crippen molar-refractivity contribution in [1.29, 1.82) is 0 Å². The maximum absolute atomic E-state index is 12.3. The summed E-state index contributed by atoms with van der Waals surface area (Å²) in [5.41, 5.74) is 0.964. The van der Waals surface area contributed by atoms with Crippen molar-refractivity contribution in [2.45, 2.75) is 51.2 Å². The molecule has 168 valence electrons. The Hall–Kier alpha value is -2.88. The van der Waals surface area contributed by atoms with Crippen molar-refractivity contribution in [3.05, 3.63) is 69.9 Å². The quantitative estimate of drug-likeness (QED) is 0.439. The van der Waals surface area contributed by atoms with Gasteiger partial charge in [-0.1, -0.05) is 49.1 Å². The second kappa shape index (κ2) is 11.7. The molecule has 1 aromatic heterocycles. The van der Waals surface area contributed by atoms with Crippen molar-refractivity contribution >= 4 is 23.2 Å². The first-order valence-electron chi connectivity index (χ1n) is 11.0. The fourth-order valence-electron chi connectivity index (χ4n) is 3.69. The Morgan fingerprint density at radius 1 is 1.28 bits per heavy atom. The molecule has 0 saturated carbocycles. The lowest BCUT2D eigenvalue weighted by Gasteiger charge is -2.23. The molecule has 1 unspecified atom stereocenters. The maximum Gasteiger partial charge on any atom is 0.345 e. The number of nitrogens with zero attached hydrogens (tertiary/aromatic N) is 1. The van der Waals surface area contributed by atoms with E-state index in [0.29, 0.717) is 24.3 Å². The lowest BCUT2D eigenvalue weighted by Crippen LogP contribution is -2.33. The van der Waals surface area contributed by atoms with Crippen molar-refractivity contribution in [2.75, 3.05) is 6.54 Å². The molecule has 2 aromatic rings. The number of rotatable bonds is 9. The van der Waals surface area contributed by atoms with E-state index in [1.165, 1.54) is 11.3 Å². The number of benzene rings is 1. The number of amides is 1. The molecular weight excluding hydrogens is 422 g/mol. The van der Waals surface area contributed by atoms with Crippen molar-refractivity contribution < 1.29 is 19.8 Å². The molecule has 1 amide bonds. The topological polar surface area (TPSA) is 77.8 Å². The molecule has 0 bridgehead atoms. The minimum absolute atomic E-state index is 0.00216. The van der Waals surface area contributed by atoms with Gasteiger partial charge in [-0.15, -0.1) is 11.3 Å². The van der Waals surface area contributed by atoms with E-state index in [2.05, 4.69) is 11.8 Å². The SMILES string of the molecule is CC(CC#Cc1ccccc1)[C@@H](O)C=C[C@H]1CCC(=O)N1CCCc1ccc(C(=O)O)s1. The molecule has 6 heteroatoms. The van der Waals surface area contributed by atoms with Crippen LogP contribution in [-0.2, 0) is 11.2 Å². The van der Waals surface area contributed by atoms with Gasteiger partial charge in [-0.25, -0.2) is 4.79 Å². The normalized spacial score (nSPS) is 17.9. The number of hydrogen-bond acceptors (Lipinski definition) is 4. The molecule has 3 atom stereocenters. The first-order chi connectivity index (χ1) is 15.4. The summed E-state index contributed by atoms with van der Waals surface area (Å²) in [4.78, 5) is 26.5. The van der Waals surface area contributed by atoms with Crippen LogP contribution in [0.2, 0.25) is 0 Å². The smallest absolute Gasteiger partial charge is 0.345 e. The summed E-state index contributed by atoms with van der Waals surface area (Å²) in [6.07, 6.45) is 6.53. The molecule has 2 heterocycles. The average Bonchev–Trinajstić information content (AvgIpc) is 3.40. The second-order valence-corrected chi connectivity index (χ2v) is 9.26. The average molecular weight is 452 g/mol. The summed E-state index contributed by atoms with van der Waals surface area (Å²) in [7, 11) is 0. The van der Waals surface area contributed by atoms with Gasteiger partial charge in [0.25, 0.3) is 0 Å². The van der Waals surface area contributed by atoms with Crippen LogP contribution in [0.15, 0.2) is 54.6 Å². The predicted molar refractivity (Wildman–Crippen MR) is 127 cm³/mol. The summed E-state index contributed by atoms with van der Waals surface area (Å²) in [6.45, 7) is 2.60. The number of carboxylic acid groups (broad SMARTS) is 1. The van der Waals surface area contributed by atoms with Gasteiger partial charge in [0, 0.05) is 29.8 Å². The van der Waals surface area contributed by atoms with Crippen LogP contribution in [0.1, 0.15) is 52.7 Å². The molecule has 0 radical (unpaired) electrons. The van der Waals surface area contributed by atoms with Crippen molar-refractivity contribution in [3.8, 4) is 11.8 Å². The third-order valence-corrected chi connectivity index (χ3v) is 6.75. The maximum atomic E-state index is 12.3. The van der Waals surface area contributed by atoms with Gasteiger partial charge in [-0.2, -0.15) is 0 Å². The minimum atomic E-state index is -0.903. The Balaban J connectivity index is 1.48. The van der Waals surface area contributed by atoms with Crippen LogP contribution in [0.25, 0.3) is 0 Å². The molecule has 1 fully saturated rings. The van der Waals surface area contributed by atoms with E-state index < -0.39 is 12.1 Å². The first kappa shape index (κ1) is 23.8. The molecule has 32 heavy (non-hydrogen) atoms. The molecule has 1 aliphatic rings. The van der Waals surface area contributed by atoms with Gasteiger partial charge in [-0.05, 0) is 49.4 Å². The second-order valence-electron chi connectivity index (χ2n) is 8.09. The van der Waals surface area contributed by atoms with E-state index in [4.69, 9.17) is 5.11 Å². The Bertz CT molecular complexity index is 1000. The van der Waals surface area contributed by atoms with Gasteiger partial charge in [0.1, 0.15) is 4.88 Å². The van der Waals surface area contributed by atoms with Gasteiger partial charge in [-0.3, -0.25) is 4.79 Å². The number of carbonyl (C=O) groups excluding carboxylic acids is 1. The van der Waals surface area contributed by atoms with Crippen LogP contribution < -0.4 is 0 Å². The predicted octanol–water partition coefficient (Wildman–Crippen LogP) is 4.36. The van der Waals surface area contributed by atoms with Crippen molar-refractivity contribution in [2.24, 2.45) is 5.92 Å². The first-order valence-corrected chi connectivity index (χ1v) is 11.8. The summed E-state index contributed by atoms with van der Waals surface area (Å²) in [5.74, 6) is 5.47. The third-order valence-electron chi connectivity index (χ3n) is 5.61. The molecule has 0 spiro atoms. The highest BCUT2D eigenvalue weighted by Crippen LogP contribution is 2.23. The van der Waals surface area contributed by atoms with Crippen LogP contribution in [0.4, 0.5) is 0 Å². The zero-order valence-corrected chi connectivity index (χ0v) is 19.1. The van der Waals surface area contributed by atoms with Gasteiger partial charge < -0.3 is 15.1 Å².